The molecule has 1 aromatic rings. The van der Waals surface area contributed by atoms with Gasteiger partial charge in [-0.3, -0.25) is 4.99 Å². The lowest BCUT2D eigenvalue weighted by atomic mass is 10.2. The van der Waals surface area contributed by atoms with E-state index >= 15 is 0 Å². The Morgan fingerprint density at radius 2 is 2.10 bits per heavy atom. The highest BCUT2D eigenvalue weighted by Crippen LogP contribution is 1.92. The summed E-state index contributed by atoms with van der Waals surface area (Å²) in [6, 6.07) is 8.27. The molecule has 10 heavy (non-hydrogen) atoms. The monoisotopic (exact) mass is 131 g/mol. The summed E-state index contributed by atoms with van der Waals surface area (Å²) in [7, 11) is 0. The predicted octanol–water partition coefficient (Wildman–Crippen LogP) is 0.490. The lowest BCUT2D eigenvalue weighted by Gasteiger charge is -1.83. The van der Waals surface area contributed by atoms with Gasteiger partial charge in [0.15, 0.2) is 0 Å². The van der Waals surface area contributed by atoms with Crippen molar-refractivity contribution >= 4 is 5.57 Å². The van der Waals surface area contributed by atoms with Crippen LogP contribution in [0.1, 0.15) is 6.92 Å². The van der Waals surface area contributed by atoms with Crippen molar-refractivity contribution in [3.8, 4) is 0 Å². The lowest BCUT2D eigenvalue weighted by molar-refractivity contribution is 1.20. The van der Waals surface area contributed by atoms with E-state index in [0.29, 0.717) is 0 Å². The van der Waals surface area contributed by atoms with Crippen molar-refractivity contribution in [2.75, 3.05) is 6.54 Å². The maximum atomic E-state index is 4.34. The molecule has 0 aliphatic carbocycles. The van der Waals surface area contributed by atoms with Gasteiger partial charge in [0.05, 0.1) is 11.9 Å². The predicted molar refractivity (Wildman–Crippen MR) is 41.2 cm³/mol. The summed E-state index contributed by atoms with van der Waals surface area (Å²) in [6.07, 6.45) is 0. The molecule has 0 fully saturated rings. The number of fused-ring (bicyclic) bond motifs is 1. The van der Waals surface area contributed by atoms with E-state index in [4.69, 9.17) is 0 Å². The first-order valence-corrected chi connectivity index (χ1v) is 3.47. The Labute approximate surface area is 59.7 Å². The molecule has 0 unspecified atom stereocenters. The fourth-order valence-corrected chi connectivity index (χ4v) is 1.26. The maximum absolute atomic E-state index is 4.34. The van der Waals surface area contributed by atoms with Crippen LogP contribution in [-0.2, 0) is 0 Å². The zero-order chi connectivity index (χ0) is 6.97. The first kappa shape index (κ1) is 5.66. The molecule has 2 rings (SSSR count). The van der Waals surface area contributed by atoms with Gasteiger partial charge in [-0.25, -0.2) is 0 Å². The van der Waals surface area contributed by atoms with Gasteiger partial charge in [0.25, 0.3) is 0 Å². The minimum Gasteiger partial charge on any atom is -0.280 e. The van der Waals surface area contributed by atoms with Crippen LogP contribution in [0.3, 0.4) is 0 Å². The molecule has 0 atom stereocenters. The van der Waals surface area contributed by atoms with Gasteiger partial charge in [-0.05, 0) is 18.6 Å². The fourth-order valence-electron chi connectivity index (χ4n) is 1.26. The number of para-hydroxylation sites is 1. The van der Waals surface area contributed by atoms with Crippen LogP contribution in [0.5, 0.6) is 0 Å². The molecule has 1 aliphatic rings. The molecule has 1 nitrogen and oxygen atoms in total. The molecule has 0 saturated heterocycles. The molecule has 50 valence electrons. The SMILES string of the molecule is CC1=c2ccccc2=NC1. The largest absolute Gasteiger partial charge is 0.280 e. The highest BCUT2D eigenvalue weighted by molar-refractivity contribution is 5.45. The Balaban J connectivity index is 2.96. The summed E-state index contributed by atoms with van der Waals surface area (Å²) in [5.74, 6) is 0. The smallest absolute Gasteiger partial charge is 0.0650 e. The van der Waals surface area contributed by atoms with E-state index in [1.807, 2.05) is 6.07 Å². The lowest BCUT2D eigenvalue weighted by Crippen LogP contribution is -2.21. The Morgan fingerprint density at radius 1 is 1.30 bits per heavy atom. The first-order valence-electron chi connectivity index (χ1n) is 3.47. The average Bonchev–Trinajstić information content (AvgIpc) is 2.34. The molecule has 1 heterocycles. The van der Waals surface area contributed by atoms with Crippen LogP contribution in [0, 0.1) is 0 Å². The molecule has 1 aliphatic heterocycles. The van der Waals surface area contributed by atoms with Crippen molar-refractivity contribution in [2.24, 2.45) is 4.99 Å². The average molecular weight is 131 g/mol. The number of hydrogen-bond donors (Lipinski definition) is 0. The number of rotatable bonds is 0. The minimum absolute atomic E-state index is 0.888. The minimum atomic E-state index is 0.888. The van der Waals surface area contributed by atoms with E-state index in [9.17, 15) is 0 Å². The van der Waals surface area contributed by atoms with Crippen LogP contribution in [0.15, 0.2) is 29.3 Å². The van der Waals surface area contributed by atoms with E-state index in [0.717, 1.165) is 11.9 Å². The second kappa shape index (κ2) is 1.94. The molecule has 0 N–H and O–H groups in total. The number of benzene rings is 1. The van der Waals surface area contributed by atoms with Gasteiger partial charge in [0.2, 0.25) is 0 Å². The molecule has 0 spiro atoms. The van der Waals surface area contributed by atoms with E-state index in [1.54, 1.807) is 0 Å². The molecular weight excluding hydrogens is 122 g/mol. The third kappa shape index (κ3) is 0.670. The van der Waals surface area contributed by atoms with Crippen molar-refractivity contribution < 1.29 is 0 Å². The molecular formula is C9H9N. The molecule has 0 radical (unpaired) electrons. The molecule has 1 aromatic carbocycles. The van der Waals surface area contributed by atoms with Crippen LogP contribution in [-0.4, -0.2) is 6.54 Å². The standard InChI is InChI=1S/C9H9N/c1-7-6-10-9-5-3-2-4-8(7)9/h2-5H,6H2,1H3. The van der Waals surface area contributed by atoms with Crippen LogP contribution < -0.4 is 10.6 Å². The van der Waals surface area contributed by atoms with Gasteiger partial charge in [0, 0.05) is 5.22 Å². The summed E-state index contributed by atoms with van der Waals surface area (Å²) < 4.78 is 0. The van der Waals surface area contributed by atoms with E-state index in [-0.39, 0.29) is 0 Å². The molecule has 0 amide bonds. The van der Waals surface area contributed by atoms with E-state index in [1.165, 1.54) is 10.8 Å². The normalized spacial score (nSPS) is 14.7. The molecule has 0 aromatic heterocycles. The van der Waals surface area contributed by atoms with Crippen molar-refractivity contribution in [3.05, 3.63) is 34.8 Å². The third-order valence-corrected chi connectivity index (χ3v) is 1.85. The second-order valence-electron chi connectivity index (χ2n) is 2.61. The Bertz CT molecular complexity index is 363. The maximum Gasteiger partial charge on any atom is 0.0650 e. The Morgan fingerprint density at radius 3 is 2.90 bits per heavy atom. The highest BCUT2D eigenvalue weighted by Gasteiger charge is 1.97. The molecule has 0 bridgehead atoms. The van der Waals surface area contributed by atoms with E-state index in [2.05, 4.69) is 30.1 Å². The molecule has 1 heteroatoms. The van der Waals surface area contributed by atoms with Crippen molar-refractivity contribution in [3.63, 3.8) is 0 Å². The second-order valence-corrected chi connectivity index (χ2v) is 2.61. The number of nitrogens with zero attached hydrogens (tertiary/aromatic N) is 1. The van der Waals surface area contributed by atoms with Gasteiger partial charge in [-0.2, -0.15) is 0 Å². The summed E-state index contributed by atoms with van der Waals surface area (Å²) in [6.45, 7) is 3.02. The zero-order valence-corrected chi connectivity index (χ0v) is 5.96. The summed E-state index contributed by atoms with van der Waals surface area (Å²) >= 11 is 0. The van der Waals surface area contributed by atoms with Crippen LogP contribution in [0.2, 0.25) is 0 Å². The van der Waals surface area contributed by atoms with Crippen molar-refractivity contribution in [2.45, 2.75) is 6.92 Å². The summed E-state index contributed by atoms with van der Waals surface area (Å²) in [4.78, 5) is 4.34. The van der Waals surface area contributed by atoms with Crippen LogP contribution in [0.25, 0.3) is 5.57 Å². The van der Waals surface area contributed by atoms with Gasteiger partial charge in [-0.15, -0.1) is 0 Å². The van der Waals surface area contributed by atoms with Crippen molar-refractivity contribution in [1.29, 1.82) is 0 Å². The van der Waals surface area contributed by atoms with Gasteiger partial charge in [0.1, 0.15) is 0 Å². The van der Waals surface area contributed by atoms with Gasteiger partial charge in [-0.1, -0.05) is 18.2 Å². The van der Waals surface area contributed by atoms with Crippen LogP contribution in [0.4, 0.5) is 0 Å². The van der Waals surface area contributed by atoms with Crippen molar-refractivity contribution in [1.82, 2.24) is 0 Å². The fraction of sp³-hybridized carbons (Fsp3) is 0.222. The quantitative estimate of drug-likeness (QED) is 0.486. The Hall–Kier alpha value is -1.11. The van der Waals surface area contributed by atoms with E-state index < -0.39 is 0 Å². The number of hydrogen-bond acceptors (Lipinski definition) is 1. The first-order chi connectivity index (χ1) is 4.88. The summed E-state index contributed by atoms with van der Waals surface area (Å²) in [5.41, 5.74) is 1.38. The zero-order valence-electron chi connectivity index (χ0n) is 5.96. The highest BCUT2D eigenvalue weighted by atomic mass is 14.7. The van der Waals surface area contributed by atoms with Gasteiger partial charge >= 0.3 is 0 Å². The topological polar surface area (TPSA) is 12.4 Å². The summed E-state index contributed by atoms with van der Waals surface area (Å²) in [5, 5.41) is 2.47. The molecule has 0 saturated carbocycles. The third-order valence-electron chi connectivity index (χ3n) is 1.85. The Kier molecular flexibility index (Phi) is 1.10. The van der Waals surface area contributed by atoms with Crippen LogP contribution >= 0.6 is 0 Å². The van der Waals surface area contributed by atoms with Gasteiger partial charge < -0.3 is 0 Å².